The first kappa shape index (κ1) is 16.7. The smallest absolute Gasteiger partial charge is 0.422 e. The Balaban J connectivity index is 1.78. The quantitative estimate of drug-likeness (QED) is 0.826. The molecule has 0 aliphatic rings. The van der Waals surface area contributed by atoms with E-state index in [1.165, 1.54) is 30.5 Å². The van der Waals surface area contributed by atoms with Crippen LogP contribution in [0.3, 0.4) is 0 Å². The summed E-state index contributed by atoms with van der Waals surface area (Å²) in [7, 11) is 0. The SMILES string of the molecule is O=C(/C=C/c1ccco1)NCc1ccc(OCC(F)(F)F)cc1. The van der Waals surface area contributed by atoms with Crippen molar-refractivity contribution in [3.05, 3.63) is 60.1 Å². The number of furan rings is 1. The summed E-state index contributed by atoms with van der Waals surface area (Å²) in [6.45, 7) is -1.08. The summed E-state index contributed by atoms with van der Waals surface area (Å²) in [5.74, 6) is 0.375. The number of alkyl halides is 3. The van der Waals surface area contributed by atoms with Crippen molar-refractivity contribution < 1.29 is 27.1 Å². The molecule has 2 rings (SSSR count). The monoisotopic (exact) mass is 325 g/mol. The van der Waals surface area contributed by atoms with E-state index < -0.39 is 12.8 Å². The molecule has 2 aromatic rings. The zero-order valence-electron chi connectivity index (χ0n) is 12.0. The van der Waals surface area contributed by atoms with Crippen molar-refractivity contribution in [2.75, 3.05) is 6.61 Å². The van der Waals surface area contributed by atoms with Gasteiger partial charge in [0.05, 0.1) is 6.26 Å². The third-order valence-corrected chi connectivity index (χ3v) is 2.73. The van der Waals surface area contributed by atoms with Gasteiger partial charge >= 0.3 is 6.18 Å². The second-order valence-electron chi connectivity index (χ2n) is 4.61. The van der Waals surface area contributed by atoms with Crippen molar-refractivity contribution in [2.45, 2.75) is 12.7 Å². The number of ether oxygens (including phenoxy) is 1. The van der Waals surface area contributed by atoms with Gasteiger partial charge in [-0.2, -0.15) is 13.2 Å². The van der Waals surface area contributed by atoms with Gasteiger partial charge in [-0.25, -0.2) is 0 Å². The summed E-state index contributed by atoms with van der Waals surface area (Å²) in [5.41, 5.74) is 0.740. The lowest BCUT2D eigenvalue weighted by Gasteiger charge is -2.09. The molecule has 23 heavy (non-hydrogen) atoms. The molecule has 1 amide bonds. The summed E-state index contributed by atoms with van der Waals surface area (Å²) < 4.78 is 45.7. The van der Waals surface area contributed by atoms with E-state index in [1.807, 2.05) is 0 Å². The van der Waals surface area contributed by atoms with Crippen molar-refractivity contribution in [2.24, 2.45) is 0 Å². The predicted molar refractivity (Wildman–Crippen MR) is 77.6 cm³/mol. The van der Waals surface area contributed by atoms with Crippen LogP contribution in [0.25, 0.3) is 6.08 Å². The summed E-state index contributed by atoms with van der Waals surface area (Å²) in [6, 6.07) is 9.44. The maximum atomic E-state index is 12.0. The highest BCUT2D eigenvalue weighted by atomic mass is 19.4. The van der Waals surface area contributed by atoms with Gasteiger partial charge < -0.3 is 14.5 Å². The van der Waals surface area contributed by atoms with Gasteiger partial charge in [0, 0.05) is 12.6 Å². The molecule has 0 spiro atoms. The van der Waals surface area contributed by atoms with E-state index in [-0.39, 0.29) is 18.2 Å². The number of carbonyl (C=O) groups is 1. The van der Waals surface area contributed by atoms with Gasteiger partial charge in [-0.3, -0.25) is 4.79 Å². The Labute approximate surface area is 130 Å². The van der Waals surface area contributed by atoms with Crippen LogP contribution in [0.1, 0.15) is 11.3 Å². The fourth-order valence-electron chi connectivity index (χ4n) is 1.66. The average molecular weight is 325 g/mol. The minimum Gasteiger partial charge on any atom is -0.484 e. The first-order valence-electron chi connectivity index (χ1n) is 6.70. The molecule has 1 N–H and O–H groups in total. The molecule has 0 aliphatic heterocycles. The predicted octanol–water partition coefficient (Wildman–Crippen LogP) is 3.55. The van der Waals surface area contributed by atoms with Crippen LogP contribution in [0.4, 0.5) is 13.2 Å². The lowest BCUT2D eigenvalue weighted by Crippen LogP contribution is -2.20. The Hall–Kier alpha value is -2.70. The zero-order valence-corrected chi connectivity index (χ0v) is 12.0. The van der Waals surface area contributed by atoms with E-state index in [0.717, 1.165) is 5.56 Å². The molecule has 7 heteroatoms. The molecule has 1 aromatic heterocycles. The van der Waals surface area contributed by atoms with Crippen molar-refractivity contribution in [3.8, 4) is 5.75 Å². The summed E-state index contributed by atoms with van der Waals surface area (Å²) in [4.78, 5) is 11.6. The highest BCUT2D eigenvalue weighted by Gasteiger charge is 2.28. The standard InChI is InChI=1S/C16H14F3NO3/c17-16(18,19)11-23-14-5-3-12(4-6-14)10-20-15(21)8-7-13-2-1-9-22-13/h1-9H,10-11H2,(H,20,21)/b8-7+. The van der Waals surface area contributed by atoms with E-state index in [0.29, 0.717) is 5.76 Å². The topological polar surface area (TPSA) is 51.5 Å². The Morgan fingerprint density at radius 3 is 2.57 bits per heavy atom. The normalized spacial score (nSPS) is 11.6. The number of hydrogen-bond donors (Lipinski definition) is 1. The molecule has 1 aromatic carbocycles. The zero-order chi connectivity index (χ0) is 16.7. The van der Waals surface area contributed by atoms with Crippen molar-refractivity contribution in [1.29, 1.82) is 0 Å². The summed E-state index contributed by atoms with van der Waals surface area (Å²) >= 11 is 0. The Morgan fingerprint density at radius 1 is 1.22 bits per heavy atom. The van der Waals surface area contributed by atoms with Gasteiger partial charge in [0.1, 0.15) is 11.5 Å². The maximum absolute atomic E-state index is 12.0. The highest BCUT2D eigenvalue weighted by Crippen LogP contribution is 2.18. The average Bonchev–Trinajstić information content (AvgIpc) is 3.02. The minimum atomic E-state index is -4.37. The molecule has 0 radical (unpaired) electrons. The molecule has 0 fully saturated rings. The molecule has 4 nitrogen and oxygen atoms in total. The number of halogens is 3. The second-order valence-corrected chi connectivity index (χ2v) is 4.61. The van der Waals surface area contributed by atoms with Gasteiger partial charge in [-0.15, -0.1) is 0 Å². The fourth-order valence-corrected chi connectivity index (χ4v) is 1.66. The molecule has 0 saturated carbocycles. The van der Waals surface area contributed by atoms with E-state index in [9.17, 15) is 18.0 Å². The second kappa shape index (κ2) is 7.53. The third-order valence-electron chi connectivity index (χ3n) is 2.73. The molecule has 0 unspecified atom stereocenters. The largest absolute Gasteiger partial charge is 0.484 e. The Kier molecular flexibility index (Phi) is 5.46. The minimum absolute atomic E-state index is 0.120. The molecular formula is C16H14F3NO3. The van der Waals surface area contributed by atoms with Gasteiger partial charge in [-0.1, -0.05) is 12.1 Å². The van der Waals surface area contributed by atoms with Crippen LogP contribution in [0.5, 0.6) is 5.75 Å². The molecule has 0 aliphatic carbocycles. The Bertz CT molecular complexity index is 646. The van der Waals surface area contributed by atoms with Gasteiger partial charge in [0.15, 0.2) is 6.61 Å². The van der Waals surface area contributed by atoms with Crippen molar-refractivity contribution in [3.63, 3.8) is 0 Å². The van der Waals surface area contributed by atoms with Crippen LogP contribution in [-0.4, -0.2) is 18.7 Å². The molecule has 1 heterocycles. The molecule has 122 valence electrons. The Morgan fingerprint density at radius 2 is 1.96 bits per heavy atom. The number of amides is 1. The van der Waals surface area contributed by atoms with Crippen LogP contribution in [0.2, 0.25) is 0 Å². The van der Waals surface area contributed by atoms with E-state index >= 15 is 0 Å². The van der Waals surface area contributed by atoms with Crippen molar-refractivity contribution >= 4 is 12.0 Å². The highest BCUT2D eigenvalue weighted by molar-refractivity contribution is 5.91. The maximum Gasteiger partial charge on any atom is 0.422 e. The first-order chi connectivity index (χ1) is 10.9. The van der Waals surface area contributed by atoms with Crippen molar-refractivity contribution in [1.82, 2.24) is 5.32 Å². The third kappa shape index (κ3) is 6.29. The van der Waals surface area contributed by atoms with Gasteiger partial charge in [0.25, 0.3) is 0 Å². The van der Waals surface area contributed by atoms with Crippen LogP contribution in [0, 0.1) is 0 Å². The van der Waals surface area contributed by atoms with E-state index in [1.54, 1.807) is 24.3 Å². The van der Waals surface area contributed by atoms with Gasteiger partial charge in [0.2, 0.25) is 5.91 Å². The van der Waals surface area contributed by atoms with Crippen LogP contribution >= 0.6 is 0 Å². The van der Waals surface area contributed by atoms with E-state index in [2.05, 4.69) is 10.1 Å². The molecule has 0 atom stereocenters. The number of rotatable bonds is 6. The number of benzene rings is 1. The molecule has 0 saturated heterocycles. The summed E-state index contributed by atoms with van der Waals surface area (Å²) in [6.07, 6.45) is -0.00395. The van der Waals surface area contributed by atoms with Gasteiger partial charge in [-0.05, 0) is 35.9 Å². The van der Waals surface area contributed by atoms with Crippen LogP contribution in [-0.2, 0) is 11.3 Å². The lowest BCUT2D eigenvalue weighted by atomic mass is 10.2. The summed E-state index contributed by atoms with van der Waals surface area (Å²) in [5, 5.41) is 2.65. The van der Waals surface area contributed by atoms with Crippen LogP contribution < -0.4 is 10.1 Å². The fraction of sp³-hybridized carbons (Fsp3) is 0.188. The molecule has 0 bridgehead atoms. The first-order valence-corrected chi connectivity index (χ1v) is 6.70. The van der Waals surface area contributed by atoms with E-state index in [4.69, 9.17) is 4.42 Å². The molecular weight excluding hydrogens is 311 g/mol. The number of nitrogens with one attached hydrogen (secondary N) is 1. The number of carbonyl (C=O) groups excluding carboxylic acids is 1. The lowest BCUT2D eigenvalue weighted by molar-refractivity contribution is -0.153. The number of hydrogen-bond acceptors (Lipinski definition) is 3. The van der Waals surface area contributed by atoms with Crippen LogP contribution in [0.15, 0.2) is 53.2 Å².